The van der Waals surface area contributed by atoms with E-state index in [-0.39, 0.29) is 5.91 Å². The highest BCUT2D eigenvalue weighted by Crippen LogP contribution is 2.31. The fraction of sp³-hybridized carbons (Fsp3) is 0.818. The minimum absolute atomic E-state index is 0.0152. The van der Waals surface area contributed by atoms with E-state index in [0.29, 0.717) is 11.7 Å². The molecule has 1 rings (SSSR count). The number of nitrogens with zero attached hydrogens (tertiary/aromatic N) is 1. The van der Waals surface area contributed by atoms with Crippen LogP contribution in [0.15, 0.2) is 0 Å². The van der Waals surface area contributed by atoms with Crippen molar-refractivity contribution < 1.29 is 4.79 Å². The number of carbonyl (C=O) groups excluding carboxylic acids is 1. The van der Waals surface area contributed by atoms with Crippen molar-refractivity contribution in [2.75, 3.05) is 12.0 Å². The Kier molecular flexibility index (Phi) is 4.46. The van der Waals surface area contributed by atoms with E-state index in [2.05, 4.69) is 18.3 Å². The lowest BCUT2D eigenvalue weighted by Gasteiger charge is -2.34. The van der Waals surface area contributed by atoms with Crippen LogP contribution >= 0.6 is 11.8 Å². The third-order valence-corrected chi connectivity index (χ3v) is 3.55. The van der Waals surface area contributed by atoms with Gasteiger partial charge in [0, 0.05) is 0 Å². The van der Waals surface area contributed by atoms with Crippen molar-refractivity contribution in [2.24, 2.45) is 5.92 Å². The van der Waals surface area contributed by atoms with Gasteiger partial charge in [-0.1, -0.05) is 6.92 Å². The monoisotopic (exact) mass is 226 g/mol. The zero-order chi connectivity index (χ0) is 11.3. The van der Waals surface area contributed by atoms with Crippen LogP contribution < -0.4 is 5.32 Å². The molecule has 0 saturated heterocycles. The maximum atomic E-state index is 11.5. The molecule has 0 aromatic heterocycles. The van der Waals surface area contributed by atoms with Crippen LogP contribution in [-0.2, 0) is 4.79 Å². The molecule has 0 aromatic rings. The Morgan fingerprint density at radius 1 is 1.60 bits per heavy atom. The summed E-state index contributed by atoms with van der Waals surface area (Å²) in [4.78, 5) is 11.5. The Hall–Kier alpha value is -0.690. The molecule has 1 aliphatic rings. The number of nitrogens with one attached hydrogen (secondary N) is 1. The second-order valence-electron chi connectivity index (χ2n) is 4.36. The molecular weight excluding hydrogens is 208 g/mol. The van der Waals surface area contributed by atoms with E-state index < -0.39 is 5.54 Å². The van der Waals surface area contributed by atoms with Crippen LogP contribution in [0.25, 0.3) is 0 Å². The molecule has 1 saturated carbocycles. The quantitative estimate of drug-likeness (QED) is 0.800. The number of carbonyl (C=O) groups is 1. The lowest BCUT2D eigenvalue weighted by molar-refractivity contribution is -0.120. The minimum Gasteiger partial charge on any atom is -0.337 e. The summed E-state index contributed by atoms with van der Waals surface area (Å²) in [6.45, 7) is 2.20. The van der Waals surface area contributed by atoms with Crippen molar-refractivity contribution >= 4 is 17.7 Å². The van der Waals surface area contributed by atoms with Crippen LogP contribution in [0.3, 0.4) is 0 Å². The molecule has 3 nitrogen and oxygen atoms in total. The Balaban J connectivity index is 2.55. The van der Waals surface area contributed by atoms with Crippen LogP contribution in [0.5, 0.6) is 0 Å². The number of hydrogen-bond acceptors (Lipinski definition) is 3. The standard InChI is InChI=1S/C11H18N2OS/c1-9-3-5-11(8-12,6-4-9)13-10(14)7-15-2/h9H,3-7H2,1-2H3,(H,13,14). The number of thioether (sulfide) groups is 1. The zero-order valence-electron chi connectivity index (χ0n) is 9.38. The summed E-state index contributed by atoms with van der Waals surface area (Å²) in [6, 6.07) is 2.29. The van der Waals surface area contributed by atoms with Crippen LogP contribution in [0.2, 0.25) is 0 Å². The third kappa shape index (κ3) is 3.42. The number of nitriles is 1. The van der Waals surface area contributed by atoms with Crippen molar-refractivity contribution in [1.29, 1.82) is 5.26 Å². The smallest absolute Gasteiger partial charge is 0.231 e. The predicted octanol–water partition coefficient (Wildman–Crippen LogP) is 1.94. The number of amides is 1. The first-order chi connectivity index (χ1) is 7.12. The largest absolute Gasteiger partial charge is 0.337 e. The molecule has 84 valence electrons. The van der Waals surface area contributed by atoms with Gasteiger partial charge in [0.15, 0.2) is 0 Å². The van der Waals surface area contributed by atoms with E-state index in [1.807, 2.05) is 6.26 Å². The molecule has 1 N–H and O–H groups in total. The Morgan fingerprint density at radius 2 is 2.20 bits per heavy atom. The van der Waals surface area contributed by atoms with Crippen LogP contribution in [0.1, 0.15) is 32.6 Å². The number of rotatable bonds is 3. The Morgan fingerprint density at radius 3 is 2.67 bits per heavy atom. The molecular formula is C11H18N2OS. The SMILES string of the molecule is CSCC(=O)NC1(C#N)CCC(C)CC1. The van der Waals surface area contributed by atoms with E-state index in [1.54, 1.807) is 0 Å². The molecule has 1 amide bonds. The summed E-state index contributed by atoms with van der Waals surface area (Å²) in [6.07, 6.45) is 5.55. The Labute approximate surface area is 95.6 Å². The number of hydrogen-bond donors (Lipinski definition) is 1. The average Bonchev–Trinajstić information content (AvgIpc) is 2.22. The van der Waals surface area contributed by atoms with Crippen molar-refractivity contribution in [2.45, 2.75) is 38.1 Å². The lowest BCUT2D eigenvalue weighted by atomic mass is 9.78. The van der Waals surface area contributed by atoms with Gasteiger partial charge in [-0.15, -0.1) is 0 Å². The summed E-state index contributed by atoms with van der Waals surface area (Å²) in [7, 11) is 0. The van der Waals surface area contributed by atoms with Gasteiger partial charge in [-0.2, -0.15) is 17.0 Å². The van der Waals surface area contributed by atoms with Gasteiger partial charge in [-0.25, -0.2) is 0 Å². The van der Waals surface area contributed by atoms with Gasteiger partial charge in [-0.05, 0) is 37.9 Å². The molecule has 0 spiro atoms. The summed E-state index contributed by atoms with van der Waals surface area (Å²) >= 11 is 1.49. The van der Waals surface area contributed by atoms with Crippen LogP contribution in [0.4, 0.5) is 0 Å². The van der Waals surface area contributed by atoms with Gasteiger partial charge < -0.3 is 5.32 Å². The van der Waals surface area contributed by atoms with Crippen molar-refractivity contribution in [1.82, 2.24) is 5.32 Å². The first-order valence-corrected chi connectivity index (χ1v) is 6.72. The van der Waals surface area contributed by atoms with Crippen molar-refractivity contribution in [3.63, 3.8) is 0 Å². The molecule has 15 heavy (non-hydrogen) atoms. The van der Waals surface area contributed by atoms with E-state index in [4.69, 9.17) is 0 Å². The van der Waals surface area contributed by atoms with Gasteiger partial charge >= 0.3 is 0 Å². The summed E-state index contributed by atoms with van der Waals surface area (Å²) < 4.78 is 0. The van der Waals surface area contributed by atoms with E-state index in [9.17, 15) is 10.1 Å². The summed E-state index contributed by atoms with van der Waals surface area (Å²) in [5.41, 5.74) is -0.584. The molecule has 1 aliphatic carbocycles. The molecule has 0 unspecified atom stereocenters. The van der Waals surface area contributed by atoms with E-state index in [1.165, 1.54) is 11.8 Å². The highest BCUT2D eigenvalue weighted by molar-refractivity contribution is 7.99. The first-order valence-electron chi connectivity index (χ1n) is 5.33. The van der Waals surface area contributed by atoms with Crippen LogP contribution in [-0.4, -0.2) is 23.5 Å². The highest BCUT2D eigenvalue weighted by Gasteiger charge is 2.35. The van der Waals surface area contributed by atoms with Gasteiger partial charge in [0.25, 0.3) is 0 Å². The molecule has 4 heteroatoms. The molecule has 0 atom stereocenters. The maximum Gasteiger partial charge on any atom is 0.231 e. The van der Waals surface area contributed by atoms with E-state index in [0.717, 1.165) is 25.7 Å². The fourth-order valence-electron chi connectivity index (χ4n) is 1.95. The summed E-state index contributed by atoms with van der Waals surface area (Å²) in [5.74, 6) is 1.11. The third-order valence-electron chi connectivity index (χ3n) is 3.00. The predicted molar refractivity (Wildman–Crippen MR) is 62.5 cm³/mol. The average molecular weight is 226 g/mol. The maximum absolute atomic E-state index is 11.5. The second kappa shape index (κ2) is 5.41. The molecule has 0 aromatic carbocycles. The summed E-state index contributed by atoms with van der Waals surface area (Å²) in [5, 5.41) is 12.1. The van der Waals surface area contributed by atoms with Gasteiger partial charge in [0.1, 0.15) is 5.54 Å². The van der Waals surface area contributed by atoms with Gasteiger partial charge in [-0.3, -0.25) is 4.79 Å². The molecule has 1 fully saturated rings. The van der Waals surface area contributed by atoms with Gasteiger partial charge in [0.2, 0.25) is 5.91 Å². The molecule has 0 aliphatic heterocycles. The highest BCUT2D eigenvalue weighted by atomic mass is 32.2. The second-order valence-corrected chi connectivity index (χ2v) is 5.22. The normalized spacial score (nSPS) is 30.6. The Bertz CT molecular complexity index is 264. The topological polar surface area (TPSA) is 52.9 Å². The lowest BCUT2D eigenvalue weighted by Crippen LogP contribution is -2.50. The van der Waals surface area contributed by atoms with E-state index >= 15 is 0 Å². The molecule has 0 bridgehead atoms. The van der Waals surface area contributed by atoms with Crippen molar-refractivity contribution in [3.05, 3.63) is 0 Å². The van der Waals surface area contributed by atoms with Crippen LogP contribution in [0, 0.1) is 17.2 Å². The van der Waals surface area contributed by atoms with Crippen molar-refractivity contribution in [3.8, 4) is 6.07 Å². The van der Waals surface area contributed by atoms with Gasteiger partial charge in [0.05, 0.1) is 11.8 Å². The molecule has 0 radical (unpaired) electrons. The fourth-order valence-corrected chi connectivity index (χ4v) is 2.29. The molecule has 0 heterocycles. The first kappa shape index (κ1) is 12.4. The zero-order valence-corrected chi connectivity index (χ0v) is 10.2. The minimum atomic E-state index is -0.584.